The van der Waals surface area contributed by atoms with Gasteiger partial charge in [-0.3, -0.25) is 14.2 Å². The number of nitrogens with zero attached hydrogens (tertiary/aromatic N) is 2. The molecule has 0 saturated heterocycles. The molecule has 0 atom stereocenters. The normalized spacial score (nSPS) is 13.1. The summed E-state index contributed by atoms with van der Waals surface area (Å²) in [6.07, 6.45) is 4.15. The van der Waals surface area contributed by atoms with Crippen molar-refractivity contribution >= 4 is 56.5 Å². The number of anilines is 1. The molecular formula is C26H24ClN3O2S2. The number of halogens is 1. The number of carbonyl (C=O) groups excluding carboxylic acids is 1. The Labute approximate surface area is 211 Å². The zero-order valence-electron chi connectivity index (χ0n) is 19.0. The lowest BCUT2D eigenvalue weighted by atomic mass is 9.97. The van der Waals surface area contributed by atoms with Crippen molar-refractivity contribution in [1.29, 1.82) is 0 Å². The fourth-order valence-corrected chi connectivity index (χ4v) is 6.72. The van der Waals surface area contributed by atoms with E-state index in [1.165, 1.54) is 16.6 Å². The molecular weight excluding hydrogens is 486 g/mol. The summed E-state index contributed by atoms with van der Waals surface area (Å²) in [6, 6.07) is 13.1. The van der Waals surface area contributed by atoms with Gasteiger partial charge in [-0.2, -0.15) is 0 Å². The Morgan fingerprint density at radius 3 is 2.56 bits per heavy atom. The number of carbonyl (C=O) groups is 1. The van der Waals surface area contributed by atoms with Crippen LogP contribution in [-0.4, -0.2) is 21.2 Å². The molecule has 8 heteroatoms. The van der Waals surface area contributed by atoms with Gasteiger partial charge in [0.2, 0.25) is 5.91 Å². The average Bonchev–Trinajstić information content (AvgIpc) is 3.16. The quantitative estimate of drug-likeness (QED) is 0.252. The molecule has 5 nitrogen and oxygen atoms in total. The van der Waals surface area contributed by atoms with Gasteiger partial charge in [-0.1, -0.05) is 29.4 Å². The fourth-order valence-electron chi connectivity index (χ4n) is 4.48. The summed E-state index contributed by atoms with van der Waals surface area (Å²) in [5, 5.41) is 4.79. The molecule has 1 N–H and O–H groups in total. The van der Waals surface area contributed by atoms with E-state index in [1.54, 1.807) is 28.0 Å². The minimum atomic E-state index is -0.141. The molecule has 174 valence electrons. The summed E-state index contributed by atoms with van der Waals surface area (Å²) in [5.41, 5.74) is 4.71. The predicted octanol–water partition coefficient (Wildman–Crippen LogP) is 6.33. The van der Waals surface area contributed by atoms with E-state index in [1.807, 2.05) is 38.1 Å². The van der Waals surface area contributed by atoms with Crippen molar-refractivity contribution < 1.29 is 4.79 Å². The molecule has 4 aromatic rings. The molecule has 0 radical (unpaired) electrons. The Morgan fingerprint density at radius 2 is 1.82 bits per heavy atom. The van der Waals surface area contributed by atoms with Crippen molar-refractivity contribution in [2.24, 2.45) is 0 Å². The van der Waals surface area contributed by atoms with Crippen LogP contribution in [0.3, 0.4) is 0 Å². The second kappa shape index (κ2) is 9.56. The number of rotatable bonds is 5. The van der Waals surface area contributed by atoms with Crippen molar-refractivity contribution in [3.8, 4) is 5.69 Å². The van der Waals surface area contributed by atoms with Crippen LogP contribution in [-0.2, 0) is 17.6 Å². The lowest BCUT2D eigenvalue weighted by molar-refractivity contribution is -0.113. The van der Waals surface area contributed by atoms with E-state index in [0.717, 1.165) is 58.3 Å². The van der Waals surface area contributed by atoms with Crippen molar-refractivity contribution in [2.45, 2.75) is 44.7 Å². The smallest absolute Gasteiger partial charge is 0.267 e. The van der Waals surface area contributed by atoms with Gasteiger partial charge in [0.15, 0.2) is 5.16 Å². The van der Waals surface area contributed by atoms with Crippen LogP contribution in [0.5, 0.6) is 0 Å². The van der Waals surface area contributed by atoms with Crippen LogP contribution < -0.4 is 10.9 Å². The highest BCUT2D eigenvalue weighted by molar-refractivity contribution is 7.99. The van der Waals surface area contributed by atoms with Gasteiger partial charge in [-0.25, -0.2) is 4.98 Å². The van der Waals surface area contributed by atoms with Crippen molar-refractivity contribution in [1.82, 2.24) is 9.55 Å². The fraction of sp³-hybridized carbons (Fsp3) is 0.269. The third-order valence-electron chi connectivity index (χ3n) is 5.88. The number of amides is 1. The molecule has 0 aliphatic heterocycles. The summed E-state index contributed by atoms with van der Waals surface area (Å²) in [7, 11) is 0. The van der Waals surface area contributed by atoms with Crippen LogP contribution in [0, 0.1) is 13.8 Å². The number of fused-ring (bicyclic) bond motifs is 3. The Morgan fingerprint density at radius 1 is 1.12 bits per heavy atom. The molecule has 0 bridgehead atoms. The van der Waals surface area contributed by atoms with Crippen LogP contribution in [0.2, 0.25) is 5.02 Å². The van der Waals surface area contributed by atoms with Crippen LogP contribution in [0.4, 0.5) is 5.69 Å². The third-order valence-corrected chi connectivity index (χ3v) is 8.26. The molecule has 2 aromatic carbocycles. The molecule has 34 heavy (non-hydrogen) atoms. The zero-order chi connectivity index (χ0) is 23.8. The molecule has 0 fully saturated rings. The topological polar surface area (TPSA) is 64.0 Å². The van der Waals surface area contributed by atoms with E-state index in [-0.39, 0.29) is 17.2 Å². The summed E-state index contributed by atoms with van der Waals surface area (Å²) in [5.74, 6) is 0.00125. The Kier molecular flexibility index (Phi) is 6.51. The van der Waals surface area contributed by atoms with E-state index in [9.17, 15) is 9.59 Å². The molecule has 0 unspecified atom stereocenters. The number of benzene rings is 2. The van der Waals surface area contributed by atoms with Gasteiger partial charge in [0.1, 0.15) is 4.83 Å². The number of thioether (sulfide) groups is 1. The Bertz CT molecular complexity index is 1440. The maximum atomic E-state index is 13.8. The molecule has 1 aliphatic carbocycles. The predicted molar refractivity (Wildman–Crippen MR) is 142 cm³/mol. The minimum absolute atomic E-state index is 0.0797. The molecule has 5 rings (SSSR count). The van der Waals surface area contributed by atoms with Gasteiger partial charge in [0, 0.05) is 15.6 Å². The first-order valence-electron chi connectivity index (χ1n) is 11.2. The van der Waals surface area contributed by atoms with Gasteiger partial charge in [-0.15, -0.1) is 11.3 Å². The van der Waals surface area contributed by atoms with E-state index in [4.69, 9.17) is 16.6 Å². The minimum Gasteiger partial charge on any atom is -0.325 e. The van der Waals surface area contributed by atoms with Gasteiger partial charge in [-0.05, 0) is 92.6 Å². The van der Waals surface area contributed by atoms with E-state index in [0.29, 0.717) is 15.9 Å². The first-order valence-corrected chi connectivity index (χ1v) is 13.4. The van der Waals surface area contributed by atoms with Crippen molar-refractivity contribution in [3.05, 3.63) is 79.4 Å². The van der Waals surface area contributed by atoms with E-state index >= 15 is 0 Å². The summed E-state index contributed by atoms with van der Waals surface area (Å²) in [4.78, 5) is 33.4. The second-order valence-corrected chi connectivity index (χ2v) is 11.1. The molecule has 0 spiro atoms. The number of hydrogen-bond acceptors (Lipinski definition) is 5. The summed E-state index contributed by atoms with van der Waals surface area (Å²) in [6.45, 7) is 4.00. The number of nitrogens with one attached hydrogen (secondary N) is 1. The van der Waals surface area contributed by atoms with Crippen LogP contribution in [0.1, 0.15) is 34.4 Å². The first-order chi connectivity index (χ1) is 16.4. The second-order valence-electron chi connectivity index (χ2n) is 8.62. The molecule has 1 aliphatic rings. The standard InChI is InChI=1S/C26H24ClN3O2S2/c1-15-11-16(2)13-18(12-15)28-22(31)14-33-26-29-24-23(20-5-3-4-6-21(20)34-24)25(32)30(26)19-9-7-17(27)8-10-19/h7-13H,3-6,14H2,1-2H3,(H,28,31). The van der Waals surface area contributed by atoms with Crippen molar-refractivity contribution in [2.75, 3.05) is 11.1 Å². The Hall–Kier alpha value is -2.61. The lowest BCUT2D eigenvalue weighted by Gasteiger charge is -2.14. The highest BCUT2D eigenvalue weighted by Crippen LogP contribution is 2.35. The van der Waals surface area contributed by atoms with Crippen LogP contribution >= 0.6 is 34.7 Å². The van der Waals surface area contributed by atoms with Gasteiger partial charge in [0.05, 0.1) is 16.8 Å². The summed E-state index contributed by atoms with van der Waals surface area (Å²) >= 11 is 8.98. The highest BCUT2D eigenvalue weighted by Gasteiger charge is 2.23. The van der Waals surface area contributed by atoms with Gasteiger partial charge < -0.3 is 5.32 Å². The zero-order valence-corrected chi connectivity index (χ0v) is 21.4. The lowest BCUT2D eigenvalue weighted by Crippen LogP contribution is -2.23. The van der Waals surface area contributed by atoms with Gasteiger partial charge in [0.25, 0.3) is 5.56 Å². The molecule has 1 amide bonds. The molecule has 0 saturated carbocycles. The highest BCUT2D eigenvalue weighted by atomic mass is 35.5. The SMILES string of the molecule is Cc1cc(C)cc(NC(=O)CSc2nc3sc4c(c3c(=O)n2-c2ccc(Cl)cc2)CCCC4)c1. The molecule has 2 aromatic heterocycles. The largest absolute Gasteiger partial charge is 0.325 e. The number of thiophene rings is 1. The third kappa shape index (κ3) is 4.65. The Balaban J connectivity index is 1.51. The maximum absolute atomic E-state index is 13.8. The van der Waals surface area contributed by atoms with Crippen molar-refractivity contribution in [3.63, 3.8) is 0 Å². The maximum Gasteiger partial charge on any atom is 0.267 e. The average molecular weight is 510 g/mol. The molecule has 2 heterocycles. The summed E-state index contributed by atoms with van der Waals surface area (Å²) < 4.78 is 1.62. The van der Waals surface area contributed by atoms with Gasteiger partial charge >= 0.3 is 0 Å². The number of aromatic nitrogens is 2. The number of aryl methyl sites for hydroxylation is 4. The van der Waals surface area contributed by atoms with Crippen LogP contribution in [0.15, 0.2) is 52.4 Å². The van der Waals surface area contributed by atoms with Crippen LogP contribution in [0.25, 0.3) is 15.9 Å². The van der Waals surface area contributed by atoms with E-state index in [2.05, 4.69) is 11.4 Å². The first kappa shape index (κ1) is 23.1. The van der Waals surface area contributed by atoms with E-state index < -0.39 is 0 Å². The monoisotopic (exact) mass is 509 g/mol. The number of hydrogen-bond donors (Lipinski definition) is 1.